The summed E-state index contributed by atoms with van der Waals surface area (Å²) in [5.41, 5.74) is 0.787. The fourth-order valence-electron chi connectivity index (χ4n) is 2.66. The molecule has 1 aliphatic heterocycles. The summed E-state index contributed by atoms with van der Waals surface area (Å²) in [5.74, 6) is 0.156. The average Bonchev–Trinajstić information content (AvgIpc) is 3.04. The van der Waals surface area contributed by atoms with Crippen molar-refractivity contribution in [1.29, 1.82) is 0 Å². The lowest BCUT2D eigenvalue weighted by Crippen LogP contribution is -2.42. The minimum Gasteiger partial charge on any atom is -0.343 e. The van der Waals surface area contributed by atoms with Crippen LogP contribution in [0, 0.1) is 0 Å². The molecule has 1 saturated heterocycles. The molecule has 1 aliphatic rings. The van der Waals surface area contributed by atoms with Gasteiger partial charge in [0, 0.05) is 36.3 Å². The summed E-state index contributed by atoms with van der Waals surface area (Å²) < 4.78 is 2.98. The molecule has 1 fully saturated rings. The summed E-state index contributed by atoms with van der Waals surface area (Å²) >= 11 is 3.46. The van der Waals surface area contributed by atoms with Gasteiger partial charge in [0.25, 0.3) is 5.91 Å². The zero-order valence-corrected chi connectivity index (χ0v) is 14.5. The minimum atomic E-state index is 0. The number of carbonyl (C=O) groups is 1. The van der Waals surface area contributed by atoms with Crippen LogP contribution < -0.4 is 5.32 Å². The number of amides is 1. The van der Waals surface area contributed by atoms with Gasteiger partial charge in [0.15, 0.2) is 0 Å². The summed E-state index contributed by atoms with van der Waals surface area (Å²) in [6.45, 7) is 7.76. The van der Waals surface area contributed by atoms with E-state index in [4.69, 9.17) is 0 Å². The molecule has 114 valence electrons. The highest BCUT2D eigenvalue weighted by Crippen LogP contribution is 2.19. The van der Waals surface area contributed by atoms with Crippen molar-refractivity contribution in [2.24, 2.45) is 0 Å². The summed E-state index contributed by atoms with van der Waals surface area (Å²) in [6.07, 6.45) is 4.03. The summed E-state index contributed by atoms with van der Waals surface area (Å²) in [6, 6.07) is 2.27. The van der Waals surface area contributed by atoms with Crippen molar-refractivity contribution in [1.82, 2.24) is 14.8 Å². The van der Waals surface area contributed by atoms with Gasteiger partial charge in [0.1, 0.15) is 5.69 Å². The summed E-state index contributed by atoms with van der Waals surface area (Å²) in [4.78, 5) is 14.8. The minimum absolute atomic E-state index is 0. The fraction of sp³-hybridized carbons (Fsp3) is 0.643. The first kappa shape index (κ1) is 17.5. The molecule has 1 aromatic rings. The Morgan fingerprint density at radius 3 is 2.85 bits per heavy atom. The van der Waals surface area contributed by atoms with E-state index < -0.39 is 0 Å². The van der Waals surface area contributed by atoms with Crippen LogP contribution in [0.5, 0.6) is 0 Å². The fourth-order valence-corrected chi connectivity index (χ4v) is 3.12. The second kappa shape index (κ2) is 8.05. The smallest absolute Gasteiger partial charge is 0.270 e. The Morgan fingerprint density at radius 1 is 1.55 bits per heavy atom. The molecular weight excluding hydrogens is 342 g/mol. The van der Waals surface area contributed by atoms with E-state index in [2.05, 4.69) is 35.1 Å². The van der Waals surface area contributed by atoms with Crippen molar-refractivity contribution in [3.8, 4) is 0 Å². The van der Waals surface area contributed by atoms with Gasteiger partial charge < -0.3 is 14.8 Å². The zero-order valence-electron chi connectivity index (χ0n) is 12.1. The van der Waals surface area contributed by atoms with E-state index in [1.54, 1.807) is 0 Å². The first-order valence-corrected chi connectivity index (χ1v) is 7.84. The highest BCUT2D eigenvalue weighted by Gasteiger charge is 2.28. The van der Waals surface area contributed by atoms with E-state index in [1.807, 2.05) is 21.7 Å². The van der Waals surface area contributed by atoms with E-state index in [-0.39, 0.29) is 18.3 Å². The standard InChI is InChI=1S/C14H22BrN3O.ClH/c1-3-7-18(12-5-6-16-9-12)14(19)13-8-11(15)10-17(13)4-2;/h8,10,12,16H,3-7,9H2,1-2H3;1H. The van der Waals surface area contributed by atoms with Crippen LogP contribution in [0.1, 0.15) is 37.2 Å². The molecule has 4 nitrogen and oxygen atoms in total. The van der Waals surface area contributed by atoms with Crippen molar-refractivity contribution in [3.05, 3.63) is 22.4 Å². The number of hydrogen-bond acceptors (Lipinski definition) is 2. The van der Waals surface area contributed by atoms with Crippen LogP contribution >= 0.6 is 28.3 Å². The van der Waals surface area contributed by atoms with Crippen molar-refractivity contribution in [3.63, 3.8) is 0 Å². The number of nitrogens with zero attached hydrogens (tertiary/aromatic N) is 2. The molecule has 1 aromatic heterocycles. The van der Waals surface area contributed by atoms with E-state index >= 15 is 0 Å². The third-order valence-electron chi connectivity index (χ3n) is 3.62. The molecule has 0 radical (unpaired) electrons. The van der Waals surface area contributed by atoms with Gasteiger partial charge in [-0.15, -0.1) is 12.4 Å². The lowest BCUT2D eigenvalue weighted by atomic mass is 10.2. The van der Waals surface area contributed by atoms with Crippen LogP contribution in [0.4, 0.5) is 0 Å². The predicted octanol–water partition coefficient (Wildman–Crippen LogP) is 2.91. The quantitative estimate of drug-likeness (QED) is 0.872. The second-order valence-electron chi connectivity index (χ2n) is 4.97. The largest absolute Gasteiger partial charge is 0.343 e. The molecule has 0 saturated carbocycles. The Balaban J connectivity index is 0.00000200. The normalized spacial score (nSPS) is 17.9. The van der Waals surface area contributed by atoms with Crippen molar-refractivity contribution in [2.75, 3.05) is 19.6 Å². The Bertz CT molecular complexity index is 444. The van der Waals surface area contributed by atoms with Gasteiger partial charge in [-0.05, 0) is 48.3 Å². The number of hydrogen-bond donors (Lipinski definition) is 1. The molecule has 2 heterocycles. The molecule has 0 aromatic carbocycles. The lowest BCUT2D eigenvalue weighted by molar-refractivity contribution is 0.0681. The highest BCUT2D eigenvalue weighted by atomic mass is 79.9. The van der Waals surface area contributed by atoms with Gasteiger partial charge in [-0.2, -0.15) is 0 Å². The van der Waals surface area contributed by atoms with Crippen LogP contribution in [0.2, 0.25) is 0 Å². The van der Waals surface area contributed by atoms with Gasteiger partial charge in [-0.1, -0.05) is 6.92 Å². The van der Waals surface area contributed by atoms with Crippen LogP contribution in [-0.2, 0) is 6.54 Å². The van der Waals surface area contributed by atoms with Crippen LogP contribution in [0.3, 0.4) is 0 Å². The molecular formula is C14H23BrClN3O. The summed E-state index contributed by atoms with van der Waals surface area (Å²) in [7, 11) is 0. The maximum absolute atomic E-state index is 12.8. The van der Waals surface area contributed by atoms with E-state index in [9.17, 15) is 4.79 Å². The molecule has 0 aliphatic carbocycles. The maximum atomic E-state index is 12.8. The number of aryl methyl sites for hydroxylation is 1. The number of halogens is 2. The lowest BCUT2D eigenvalue weighted by Gasteiger charge is -2.28. The molecule has 20 heavy (non-hydrogen) atoms. The van der Waals surface area contributed by atoms with Crippen molar-refractivity contribution >= 4 is 34.2 Å². The first-order valence-electron chi connectivity index (χ1n) is 7.04. The van der Waals surface area contributed by atoms with Gasteiger partial charge in [0.05, 0.1) is 0 Å². The van der Waals surface area contributed by atoms with Crippen molar-refractivity contribution in [2.45, 2.75) is 39.3 Å². The van der Waals surface area contributed by atoms with E-state index in [0.29, 0.717) is 6.04 Å². The monoisotopic (exact) mass is 363 g/mol. The second-order valence-corrected chi connectivity index (χ2v) is 5.89. The summed E-state index contributed by atoms with van der Waals surface area (Å²) in [5, 5.41) is 3.34. The Labute approximate surface area is 135 Å². The van der Waals surface area contributed by atoms with E-state index in [1.165, 1.54) is 0 Å². The predicted molar refractivity (Wildman–Crippen MR) is 87.7 cm³/mol. The molecule has 6 heteroatoms. The van der Waals surface area contributed by atoms with Crippen molar-refractivity contribution < 1.29 is 4.79 Å². The van der Waals surface area contributed by atoms with E-state index in [0.717, 1.165) is 49.2 Å². The van der Waals surface area contributed by atoms with Gasteiger partial charge in [0.2, 0.25) is 0 Å². The number of carbonyl (C=O) groups excluding carboxylic acids is 1. The first-order chi connectivity index (χ1) is 9.17. The highest BCUT2D eigenvalue weighted by molar-refractivity contribution is 9.10. The molecule has 1 N–H and O–H groups in total. The number of nitrogens with one attached hydrogen (secondary N) is 1. The average molecular weight is 365 g/mol. The molecule has 1 amide bonds. The van der Waals surface area contributed by atoms with Crippen LogP contribution in [0.25, 0.3) is 0 Å². The SMILES string of the molecule is CCCN(C(=O)c1cc(Br)cn1CC)C1CCNC1.Cl. The zero-order chi connectivity index (χ0) is 13.8. The topological polar surface area (TPSA) is 37.3 Å². The molecule has 1 atom stereocenters. The number of rotatable bonds is 5. The van der Waals surface area contributed by atoms with Gasteiger partial charge in [-0.3, -0.25) is 4.79 Å². The molecule has 0 spiro atoms. The molecule has 2 rings (SSSR count). The Kier molecular flexibility index (Phi) is 7.06. The van der Waals surface area contributed by atoms with Gasteiger partial charge >= 0.3 is 0 Å². The van der Waals surface area contributed by atoms with Crippen LogP contribution in [-0.4, -0.2) is 41.1 Å². The van der Waals surface area contributed by atoms with Crippen LogP contribution in [0.15, 0.2) is 16.7 Å². The third-order valence-corrected chi connectivity index (χ3v) is 4.06. The molecule has 0 bridgehead atoms. The Hall–Kier alpha value is -0.520. The number of aromatic nitrogens is 1. The van der Waals surface area contributed by atoms with Gasteiger partial charge in [-0.25, -0.2) is 0 Å². The molecule has 1 unspecified atom stereocenters. The third kappa shape index (κ3) is 3.77. The maximum Gasteiger partial charge on any atom is 0.270 e. The Morgan fingerprint density at radius 2 is 2.30 bits per heavy atom.